The van der Waals surface area contributed by atoms with Gasteiger partial charge in [0.25, 0.3) is 11.8 Å². The van der Waals surface area contributed by atoms with Crippen molar-refractivity contribution >= 4 is 17.6 Å². The van der Waals surface area contributed by atoms with E-state index in [2.05, 4.69) is 5.32 Å². The Kier molecular flexibility index (Phi) is 6.49. The summed E-state index contributed by atoms with van der Waals surface area (Å²) in [4.78, 5) is 38.2. The monoisotopic (exact) mass is 452 g/mol. The molecule has 0 spiro atoms. The molecule has 2 aliphatic heterocycles. The number of amides is 2. The van der Waals surface area contributed by atoms with Gasteiger partial charge in [0, 0.05) is 19.2 Å². The van der Waals surface area contributed by atoms with Gasteiger partial charge in [-0.1, -0.05) is 12.1 Å². The number of nitrogens with one attached hydrogen (secondary N) is 1. The molecule has 0 aliphatic carbocycles. The second-order valence-corrected chi connectivity index (χ2v) is 8.95. The topological polar surface area (TPSA) is 105 Å². The molecule has 0 unspecified atom stereocenters. The lowest BCUT2D eigenvalue weighted by molar-refractivity contribution is 0.0611. The van der Waals surface area contributed by atoms with Crippen molar-refractivity contribution in [2.24, 2.45) is 0 Å². The first-order chi connectivity index (χ1) is 15.7. The summed E-state index contributed by atoms with van der Waals surface area (Å²) in [5, 5.41) is 13.3. The molecule has 2 aromatic carbocycles. The fourth-order valence-electron chi connectivity index (χ4n) is 4.05. The largest absolute Gasteiger partial charge is 0.491 e. The molecule has 0 saturated heterocycles. The van der Waals surface area contributed by atoms with Gasteiger partial charge < -0.3 is 19.9 Å². The smallest absolute Gasteiger partial charge is 0.261 e. The number of hydrogen-bond donors (Lipinski definition) is 2. The molecule has 2 aromatic rings. The van der Waals surface area contributed by atoms with Gasteiger partial charge in [-0.05, 0) is 51.1 Å². The maximum Gasteiger partial charge on any atom is 0.261 e. The van der Waals surface area contributed by atoms with Gasteiger partial charge in [0.15, 0.2) is 5.78 Å². The zero-order valence-electron chi connectivity index (χ0n) is 18.8. The lowest BCUT2D eigenvalue weighted by Gasteiger charge is -2.31. The number of benzene rings is 2. The molecule has 8 nitrogen and oxygen atoms in total. The van der Waals surface area contributed by atoms with Gasteiger partial charge in [-0.25, -0.2) is 0 Å². The molecule has 1 atom stereocenters. The third-order valence-corrected chi connectivity index (χ3v) is 5.66. The van der Waals surface area contributed by atoms with E-state index < -0.39 is 11.7 Å². The molecule has 0 aromatic heterocycles. The van der Waals surface area contributed by atoms with E-state index in [1.165, 1.54) is 4.90 Å². The molecule has 2 aliphatic rings. The molecular formula is C25H28N2O6. The first-order valence-electron chi connectivity index (χ1n) is 11.1. The predicted molar refractivity (Wildman–Crippen MR) is 121 cm³/mol. The Balaban J connectivity index is 1.18. The van der Waals surface area contributed by atoms with E-state index >= 15 is 0 Å². The number of aliphatic hydroxyl groups is 1. The van der Waals surface area contributed by atoms with Crippen LogP contribution in [0.4, 0.5) is 0 Å². The Morgan fingerprint density at radius 1 is 1.09 bits per heavy atom. The first kappa shape index (κ1) is 22.9. The third kappa shape index (κ3) is 5.07. The Labute approximate surface area is 192 Å². The van der Waals surface area contributed by atoms with Crippen LogP contribution in [0.3, 0.4) is 0 Å². The molecule has 0 bridgehead atoms. The highest BCUT2D eigenvalue weighted by Gasteiger charge is 2.34. The van der Waals surface area contributed by atoms with Crippen molar-refractivity contribution in [1.82, 2.24) is 10.2 Å². The summed E-state index contributed by atoms with van der Waals surface area (Å²) in [5.74, 6) is 0.531. The molecule has 8 heteroatoms. The predicted octanol–water partition coefficient (Wildman–Crippen LogP) is 2.45. The Hall–Kier alpha value is -3.23. The number of fused-ring (bicyclic) bond motifs is 2. The van der Waals surface area contributed by atoms with Crippen molar-refractivity contribution in [2.45, 2.75) is 38.4 Å². The van der Waals surface area contributed by atoms with Crippen LogP contribution in [0.15, 0.2) is 42.5 Å². The molecule has 2 amide bonds. The molecule has 33 heavy (non-hydrogen) atoms. The summed E-state index contributed by atoms with van der Waals surface area (Å²) in [6.45, 7) is 4.96. The maximum atomic E-state index is 12.3. The SMILES string of the molecule is CC1(C)CC(=O)c2ccc(OC[C@H](O)CNCCCN3C(=O)c4ccccc4C3=O)cc2O1. The summed E-state index contributed by atoms with van der Waals surface area (Å²) in [6.07, 6.45) is 0.155. The highest BCUT2D eigenvalue weighted by Crippen LogP contribution is 2.35. The van der Waals surface area contributed by atoms with E-state index in [0.29, 0.717) is 60.7 Å². The summed E-state index contributed by atoms with van der Waals surface area (Å²) in [7, 11) is 0. The number of imide groups is 1. The van der Waals surface area contributed by atoms with Crippen LogP contribution < -0.4 is 14.8 Å². The normalized spacial score (nSPS) is 17.4. The summed E-state index contributed by atoms with van der Waals surface area (Å²) in [5.41, 5.74) is 0.883. The van der Waals surface area contributed by atoms with Crippen molar-refractivity contribution in [3.63, 3.8) is 0 Å². The van der Waals surface area contributed by atoms with Gasteiger partial charge in [-0.15, -0.1) is 0 Å². The van der Waals surface area contributed by atoms with Crippen molar-refractivity contribution in [3.8, 4) is 11.5 Å². The van der Waals surface area contributed by atoms with Gasteiger partial charge >= 0.3 is 0 Å². The van der Waals surface area contributed by atoms with Crippen LogP contribution in [0.25, 0.3) is 0 Å². The zero-order chi connectivity index (χ0) is 23.6. The molecule has 0 radical (unpaired) electrons. The standard InChI is InChI=1S/C25H28N2O6/c1-25(2)13-21(29)20-9-8-17(12-22(20)33-25)32-15-16(28)14-26-10-5-11-27-23(30)18-6-3-4-7-19(18)24(27)31/h3-4,6-9,12,16,26,28H,5,10-11,13-15H2,1-2H3/t16-/m1/s1. The number of ether oxygens (including phenoxy) is 2. The number of aliphatic hydroxyl groups excluding tert-OH is 1. The van der Waals surface area contributed by atoms with Crippen LogP contribution in [0.1, 0.15) is 57.8 Å². The first-order valence-corrected chi connectivity index (χ1v) is 11.1. The number of ketones is 1. The summed E-state index contributed by atoms with van der Waals surface area (Å²) >= 11 is 0. The number of carbonyl (C=O) groups excluding carboxylic acids is 3. The molecule has 174 valence electrons. The number of Topliss-reactive ketones (excluding diaryl/α,β-unsaturated/α-hetero) is 1. The minimum Gasteiger partial charge on any atom is -0.491 e. The second kappa shape index (κ2) is 9.33. The molecule has 4 rings (SSSR count). The van der Waals surface area contributed by atoms with Gasteiger partial charge in [0.1, 0.15) is 29.8 Å². The number of hydrogen-bond acceptors (Lipinski definition) is 7. The van der Waals surface area contributed by atoms with Crippen LogP contribution in [0.5, 0.6) is 11.5 Å². The number of carbonyl (C=O) groups is 3. The lowest BCUT2D eigenvalue weighted by atomic mass is 9.93. The fraction of sp³-hybridized carbons (Fsp3) is 0.400. The zero-order valence-corrected chi connectivity index (χ0v) is 18.8. The van der Waals surface area contributed by atoms with E-state index in [1.54, 1.807) is 42.5 Å². The van der Waals surface area contributed by atoms with E-state index in [-0.39, 0.29) is 24.2 Å². The summed E-state index contributed by atoms with van der Waals surface area (Å²) < 4.78 is 11.5. The van der Waals surface area contributed by atoms with E-state index in [9.17, 15) is 19.5 Å². The van der Waals surface area contributed by atoms with Crippen LogP contribution in [0, 0.1) is 0 Å². The Morgan fingerprint density at radius 3 is 2.48 bits per heavy atom. The van der Waals surface area contributed by atoms with Gasteiger partial charge in [-0.3, -0.25) is 19.3 Å². The molecular weight excluding hydrogens is 424 g/mol. The fourth-order valence-corrected chi connectivity index (χ4v) is 4.05. The highest BCUT2D eigenvalue weighted by molar-refractivity contribution is 6.21. The lowest BCUT2D eigenvalue weighted by Crippen LogP contribution is -2.36. The van der Waals surface area contributed by atoms with Gasteiger partial charge in [-0.2, -0.15) is 0 Å². The number of nitrogens with zero attached hydrogens (tertiary/aromatic N) is 1. The van der Waals surface area contributed by atoms with Crippen LogP contribution >= 0.6 is 0 Å². The second-order valence-electron chi connectivity index (χ2n) is 8.95. The Bertz CT molecular complexity index is 1050. The van der Waals surface area contributed by atoms with Crippen LogP contribution in [-0.2, 0) is 0 Å². The Morgan fingerprint density at radius 2 is 1.79 bits per heavy atom. The van der Waals surface area contributed by atoms with Crippen molar-refractivity contribution < 1.29 is 29.0 Å². The van der Waals surface area contributed by atoms with Crippen molar-refractivity contribution in [3.05, 3.63) is 59.2 Å². The maximum absolute atomic E-state index is 12.3. The molecule has 2 heterocycles. The average Bonchev–Trinajstić information content (AvgIpc) is 3.01. The highest BCUT2D eigenvalue weighted by atomic mass is 16.5. The van der Waals surface area contributed by atoms with E-state index in [0.717, 1.165) is 0 Å². The number of rotatable bonds is 9. The average molecular weight is 453 g/mol. The molecule has 2 N–H and O–H groups in total. The van der Waals surface area contributed by atoms with Crippen LogP contribution in [0.2, 0.25) is 0 Å². The van der Waals surface area contributed by atoms with Gasteiger partial charge in [0.05, 0.1) is 23.1 Å². The minimum atomic E-state index is -0.751. The van der Waals surface area contributed by atoms with Crippen LogP contribution in [-0.4, -0.2) is 65.6 Å². The van der Waals surface area contributed by atoms with E-state index in [4.69, 9.17) is 9.47 Å². The van der Waals surface area contributed by atoms with Crippen molar-refractivity contribution in [1.29, 1.82) is 0 Å². The van der Waals surface area contributed by atoms with Crippen molar-refractivity contribution in [2.75, 3.05) is 26.2 Å². The summed E-state index contributed by atoms with van der Waals surface area (Å²) in [6, 6.07) is 11.9. The minimum absolute atomic E-state index is 0.0400. The molecule has 0 fully saturated rings. The quantitative estimate of drug-likeness (QED) is 0.445. The van der Waals surface area contributed by atoms with E-state index in [1.807, 2.05) is 13.8 Å². The molecule has 0 saturated carbocycles. The third-order valence-electron chi connectivity index (χ3n) is 5.66. The van der Waals surface area contributed by atoms with Gasteiger partial charge in [0.2, 0.25) is 0 Å².